The van der Waals surface area contributed by atoms with Crippen molar-refractivity contribution in [3.63, 3.8) is 0 Å². The lowest BCUT2D eigenvalue weighted by Gasteiger charge is -2.21. The Labute approximate surface area is 118 Å². The Morgan fingerprint density at radius 2 is 1.65 bits per heavy atom. The largest absolute Gasteiger partial charge is 0.481 e. The summed E-state index contributed by atoms with van der Waals surface area (Å²) in [5, 5.41) is 11.4. The molecule has 20 heavy (non-hydrogen) atoms. The number of amides is 1. The number of hydrogen-bond donors (Lipinski definition) is 2. The van der Waals surface area contributed by atoms with Gasteiger partial charge in [-0.3, -0.25) is 14.4 Å². The van der Waals surface area contributed by atoms with Crippen LogP contribution in [0.4, 0.5) is 5.69 Å². The van der Waals surface area contributed by atoms with E-state index in [0.29, 0.717) is 11.3 Å². The molecule has 1 aromatic rings. The fourth-order valence-electron chi connectivity index (χ4n) is 1.95. The van der Waals surface area contributed by atoms with Crippen LogP contribution in [0.5, 0.6) is 0 Å². The molecule has 0 heterocycles. The predicted octanol–water partition coefficient (Wildman–Crippen LogP) is 2.72. The van der Waals surface area contributed by atoms with Gasteiger partial charge in [-0.05, 0) is 29.7 Å². The normalized spacial score (nSPS) is 10.9. The number of benzene rings is 1. The van der Waals surface area contributed by atoms with Crippen LogP contribution < -0.4 is 5.32 Å². The number of Topliss-reactive ketones (excluding diaryl/α,β-unsaturated/α-hetero) is 1. The summed E-state index contributed by atoms with van der Waals surface area (Å²) in [4.78, 5) is 33.7. The zero-order valence-corrected chi connectivity index (χ0v) is 11.9. The van der Waals surface area contributed by atoms with Gasteiger partial charge in [0, 0.05) is 24.6 Å². The third kappa shape index (κ3) is 5.22. The van der Waals surface area contributed by atoms with Gasteiger partial charge in [-0.25, -0.2) is 0 Å². The molecule has 5 nitrogen and oxygen atoms in total. The molecule has 0 aliphatic rings. The molecular weight excluding hydrogens is 258 g/mol. The van der Waals surface area contributed by atoms with E-state index in [1.807, 2.05) is 0 Å². The van der Waals surface area contributed by atoms with Crippen LogP contribution in [-0.2, 0) is 9.59 Å². The van der Waals surface area contributed by atoms with E-state index in [0.717, 1.165) is 0 Å². The molecule has 0 fully saturated rings. The topological polar surface area (TPSA) is 83.5 Å². The second kappa shape index (κ2) is 6.32. The number of anilines is 1. The fourth-order valence-corrected chi connectivity index (χ4v) is 1.95. The molecule has 0 aromatic heterocycles. The van der Waals surface area contributed by atoms with Crippen molar-refractivity contribution in [2.24, 2.45) is 5.41 Å². The van der Waals surface area contributed by atoms with Crippen molar-refractivity contribution in [3.05, 3.63) is 29.8 Å². The van der Waals surface area contributed by atoms with Gasteiger partial charge >= 0.3 is 5.97 Å². The van der Waals surface area contributed by atoms with E-state index in [2.05, 4.69) is 5.32 Å². The van der Waals surface area contributed by atoms with Gasteiger partial charge in [0.2, 0.25) is 5.91 Å². The molecule has 0 saturated carbocycles. The first-order valence-electron chi connectivity index (χ1n) is 6.32. The number of hydrogen-bond acceptors (Lipinski definition) is 3. The van der Waals surface area contributed by atoms with Crippen molar-refractivity contribution in [3.8, 4) is 0 Å². The first kappa shape index (κ1) is 15.9. The van der Waals surface area contributed by atoms with E-state index >= 15 is 0 Å². The molecule has 1 amide bonds. The minimum absolute atomic E-state index is 0.0529. The van der Waals surface area contributed by atoms with Gasteiger partial charge in [0.05, 0.1) is 6.42 Å². The summed E-state index contributed by atoms with van der Waals surface area (Å²) in [6, 6.07) is 6.56. The first-order valence-corrected chi connectivity index (χ1v) is 6.32. The molecule has 0 saturated heterocycles. The van der Waals surface area contributed by atoms with Crippen LogP contribution in [0.3, 0.4) is 0 Å². The average Bonchev–Trinajstić information content (AvgIpc) is 2.26. The maximum absolute atomic E-state index is 12.1. The number of aliphatic carboxylic acids is 1. The van der Waals surface area contributed by atoms with E-state index in [1.165, 1.54) is 6.92 Å². The van der Waals surface area contributed by atoms with E-state index < -0.39 is 11.4 Å². The zero-order chi connectivity index (χ0) is 15.3. The molecule has 108 valence electrons. The standard InChI is InChI=1S/C15H19NO4/c1-10(17)16-12-6-4-11(5-7-12)13(18)8-15(2,3)9-14(19)20/h4-7H,8-9H2,1-3H3,(H,16,17)(H,19,20). The Kier molecular flexibility index (Phi) is 5.02. The lowest BCUT2D eigenvalue weighted by Crippen LogP contribution is -2.21. The Morgan fingerprint density at radius 3 is 2.10 bits per heavy atom. The minimum Gasteiger partial charge on any atom is -0.481 e. The van der Waals surface area contributed by atoms with E-state index in [9.17, 15) is 14.4 Å². The van der Waals surface area contributed by atoms with Crippen molar-refractivity contribution >= 4 is 23.3 Å². The Morgan fingerprint density at radius 1 is 1.10 bits per heavy atom. The average molecular weight is 277 g/mol. The molecule has 1 rings (SSSR count). The molecule has 2 N–H and O–H groups in total. The first-order chi connectivity index (χ1) is 9.19. The number of carboxylic acid groups (broad SMARTS) is 1. The third-order valence-corrected chi connectivity index (χ3v) is 2.80. The molecular formula is C15H19NO4. The summed E-state index contributed by atoms with van der Waals surface area (Å²) in [6.07, 6.45) is 0.113. The van der Waals surface area contributed by atoms with Crippen LogP contribution in [0.1, 0.15) is 44.0 Å². The Hall–Kier alpha value is -2.17. The van der Waals surface area contributed by atoms with Gasteiger partial charge in [0.1, 0.15) is 0 Å². The summed E-state index contributed by atoms with van der Waals surface area (Å²) >= 11 is 0. The van der Waals surface area contributed by atoms with Crippen LogP contribution in [0.15, 0.2) is 24.3 Å². The minimum atomic E-state index is -0.913. The third-order valence-electron chi connectivity index (χ3n) is 2.80. The number of carbonyl (C=O) groups is 3. The smallest absolute Gasteiger partial charge is 0.303 e. The zero-order valence-electron chi connectivity index (χ0n) is 11.9. The van der Waals surface area contributed by atoms with Gasteiger partial charge in [-0.15, -0.1) is 0 Å². The lowest BCUT2D eigenvalue weighted by molar-refractivity contribution is -0.139. The number of nitrogens with one attached hydrogen (secondary N) is 1. The van der Waals surface area contributed by atoms with Crippen LogP contribution in [0.2, 0.25) is 0 Å². The van der Waals surface area contributed by atoms with Gasteiger partial charge < -0.3 is 10.4 Å². The van der Waals surface area contributed by atoms with Gasteiger partial charge in [0.25, 0.3) is 0 Å². The molecule has 5 heteroatoms. The van der Waals surface area contributed by atoms with Crippen molar-refractivity contribution in [1.29, 1.82) is 0 Å². The van der Waals surface area contributed by atoms with E-state index in [4.69, 9.17) is 5.11 Å². The van der Waals surface area contributed by atoms with Crippen molar-refractivity contribution in [2.45, 2.75) is 33.6 Å². The van der Waals surface area contributed by atoms with E-state index in [1.54, 1.807) is 38.1 Å². The maximum atomic E-state index is 12.1. The van der Waals surface area contributed by atoms with Crippen molar-refractivity contribution in [2.75, 3.05) is 5.32 Å². The number of carboxylic acids is 1. The molecule has 0 spiro atoms. The van der Waals surface area contributed by atoms with Crippen LogP contribution in [0, 0.1) is 5.41 Å². The molecule has 0 radical (unpaired) electrons. The van der Waals surface area contributed by atoms with Gasteiger partial charge in [-0.1, -0.05) is 13.8 Å². The van der Waals surface area contributed by atoms with Crippen molar-refractivity contribution < 1.29 is 19.5 Å². The van der Waals surface area contributed by atoms with E-state index in [-0.39, 0.29) is 24.5 Å². The quantitative estimate of drug-likeness (QED) is 0.783. The SMILES string of the molecule is CC(=O)Nc1ccc(C(=O)CC(C)(C)CC(=O)O)cc1. The second-order valence-corrected chi connectivity index (χ2v) is 5.59. The summed E-state index contributed by atoms with van der Waals surface area (Å²) in [5.41, 5.74) is 0.551. The fraction of sp³-hybridized carbons (Fsp3) is 0.400. The highest BCUT2D eigenvalue weighted by molar-refractivity contribution is 5.97. The molecule has 1 aromatic carbocycles. The number of rotatable bonds is 6. The highest BCUT2D eigenvalue weighted by atomic mass is 16.4. The maximum Gasteiger partial charge on any atom is 0.303 e. The highest BCUT2D eigenvalue weighted by Crippen LogP contribution is 2.27. The van der Waals surface area contributed by atoms with Crippen LogP contribution >= 0.6 is 0 Å². The van der Waals surface area contributed by atoms with Crippen molar-refractivity contribution in [1.82, 2.24) is 0 Å². The van der Waals surface area contributed by atoms with Crippen LogP contribution in [-0.4, -0.2) is 22.8 Å². The molecule has 0 bridgehead atoms. The summed E-state index contributed by atoms with van der Waals surface area (Å²) in [6.45, 7) is 4.92. The number of carbonyl (C=O) groups excluding carboxylic acids is 2. The lowest BCUT2D eigenvalue weighted by atomic mass is 9.82. The molecule has 0 aliphatic carbocycles. The van der Waals surface area contributed by atoms with Crippen LogP contribution in [0.25, 0.3) is 0 Å². The summed E-state index contributed by atoms with van der Waals surface area (Å²) in [7, 11) is 0. The predicted molar refractivity (Wildman–Crippen MR) is 75.7 cm³/mol. The van der Waals surface area contributed by atoms with Gasteiger partial charge in [-0.2, -0.15) is 0 Å². The Balaban J connectivity index is 2.73. The molecule has 0 aliphatic heterocycles. The monoisotopic (exact) mass is 277 g/mol. The highest BCUT2D eigenvalue weighted by Gasteiger charge is 2.25. The number of ketones is 1. The molecule has 0 unspecified atom stereocenters. The summed E-state index contributed by atoms with van der Waals surface area (Å²) in [5.74, 6) is -1.19. The second-order valence-electron chi connectivity index (χ2n) is 5.59. The molecule has 0 atom stereocenters. The summed E-state index contributed by atoms with van der Waals surface area (Å²) < 4.78 is 0. The Bertz CT molecular complexity index is 517. The van der Waals surface area contributed by atoms with Gasteiger partial charge in [0.15, 0.2) is 5.78 Å².